The number of nitrogens with zero attached hydrogens (tertiary/aromatic N) is 5. The van der Waals surface area contributed by atoms with Crippen LogP contribution in [0.1, 0.15) is 25.2 Å². The molecule has 0 spiro atoms. The first-order valence-electron chi connectivity index (χ1n) is 8.02. The quantitative estimate of drug-likeness (QED) is 0.739. The van der Waals surface area contributed by atoms with Gasteiger partial charge in [-0.1, -0.05) is 17.3 Å². The first kappa shape index (κ1) is 17.9. The van der Waals surface area contributed by atoms with Crippen LogP contribution in [-0.4, -0.2) is 63.0 Å². The molecule has 1 aromatic heterocycles. The Labute approximate surface area is 141 Å². The summed E-state index contributed by atoms with van der Waals surface area (Å²) in [5, 5.41) is 13.5. The summed E-state index contributed by atoms with van der Waals surface area (Å²) in [6.45, 7) is 6.87. The van der Waals surface area contributed by atoms with Gasteiger partial charge in [0.05, 0.1) is 6.54 Å². The van der Waals surface area contributed by atoms with Crippen LogP contribution in [0.4, 0.5) is 0 Å². The number of aromatic amines is 1. The van der Waals surface area contributed by atoms with E-state index in [-0.39, 0.29) is 12.5 Å². The summed E-state index contributed by atoms with van der Waals surface area (Å²) in [7, 11) is 1.95. The smallest absolute Gasteiger partial charge is 0.236 e. The van der Waals surface area contributed by atoms with E-state index in [0.717, 1.165) is 24.4 Å². The minimum absolute atomic E-state index is 0.155. The Bertz CT molecular complexity index is 610. The summed E-state index contributed by atoms with van der Waals surface area (Å²) in [6, 6.07) is 7.78. The molecule has 1 amide bonds. The van der Waals surface area contributed by atoms with Gasteiger partial charge in [0, 0.05) is 19.6 Å². The molecule has 0 saturated carbocycles. The SMILES string of the molecule is CCN(CC)C(=O)CN(C)Cc1ccc(OCc2nn[nH]n2)cc1. The van der Waals surface area contributed by atoms with Gasteiger partial charge in [0.15, 0.2) is 6.61 Å². The van der Waals surface area contributed by atoms with Crippen LogP contribution in [0, 0.1) is 0 Å². The highest BCUT2D eigenvalue weighted by Crippen LogP contribution is 2.14. The maximum atomic E-state index is 12.1. The van der Waals surface area contributed by atoms with Crippen molar-refractivity contribution in [3.63, 3.8) is 0 Å². The fourth-order valence-corrected chi connectivity index (χ4v) is 2.36. The first-order chi connectivity index (χ1) is 11.6. The molecule has 130 valence electrons. The van der Waals surface area contributed by atoms with E-state index in [1.165, 1.54) is 0 Å². The highest BCUT2D eigenvalue weighted by atomic mass is 16.5. The van der Waals surface area contributed by atoms with Crippen molar-refractivity contribution in [2.75, 3.05) is 26.7 Å². The molecule has 0 aliphatic heterocycles. The largest absolute Gasteiger partial charge is 0.485 e. The number of nitrogens with one attached hydrogen (secondary N) is 1. The Morgan fingerprint density at radius 3 is 2.50 bits per heavy atom. The van der Waals surface area contributed by atoms with Crippen LogP contribution in [0.5, 0.6) is 5.75 Å². The third-order valence-electron chi connectivity index (χ3n) is 3.65. The zero-order chi connectivity index (χ0) is 17.4. The van der Waals surface area contributed by atoms with E-state index in [9.17, 15) is 4.79 Å². The molecule has 8 heteroatoms. The van der Waals surface area contributed by atoms with Crippen LogP contribution in [0.15, 0.2) is 24.3 Å². The molecule has 2 aromatic rings. The zero-order valence-electron chi connectivity index (χ0n) is 14.4. The van der Waals surface area contributed by atoms with Gasteiger partial charge in [-0.25, -0.2) is 0 Å². The molecular formula is C16H24N6O2. The molecule has 2 rings (SSSR count). The van der Waals surface area contributed by atoms with Gasteiger partial charge >= 0.3 is 0 Å². The number of carbonyl (C=O) groups excluding carboxylic acids is 1. The van der Waals surface area contributed by atoms with E-state index in [0.29, 0.717) is 18.9 Å². The van der Waals surface area contributed by atoms with Crippen LogP contribution in [0.2, 0.25) is 0 Å². The fraction of sp³-hybridized carbons (Fsp3) is 0.500. The fourth-order valence-electron chi connectivity index (χ4n) is 2.36. The molecule has 8 nitrogen and oxygen atoms in total. The maximum absolute atomic E-state index is 12.1. The van der Waals surface area contributed by atoms with Crippen LogP contribution < -0.4 is 4.74 Å². The number of H-pyrrole nitrogens is 1. The lowest BCUT2D eigenvalue weighted by Gasteiger charge is -2.23. The third kappa shape index (κ3) is 5.31. The van der Waals surface area contributed by atoms with Gasteiger partial charge in [-0.3, -0.25) is 9.69 Å². The predicted octanol–water partition coefficient (Wildman–Crippen LogP) is 1.08. The second-order valence-corrected chi connectivity index (χ2v) is 5.50. The average Bonchev–Trinajstić information content (AvgIpc) is 3.08. The number of carbonyl (C=O) groups is 1. The van der Waals surface area contributed by atoms with Crippen LogP contribution >= 0.6 is 0 Å². The van der Waals surface area contributed by atoms with Crippen LogP contribution in [0.3, 0.4) is 0 Å². The Hall–Kier alpha value is -2.48. The Morgan fingerprint density at radius 1 is 1.21 bits per heavy atom. The molecule has 1 heterocycles. The number of likely N-dealkylation sites (N-methyl/N-ethyl adjacent to an activating group) is 2. The van der Waals surface area contributed by atoms with Crippen molar-refractivity contribution in [2.45, 2.75) is 27.0 Å². The van der Waals surface area contributed by atoms with Crippen LogP contribution in [-0.2, 0) is 17.9 Å². The molecule has 0 radical (unpaired) electrons. The third-order valence-corrected chi connectivity index (χ3v) is 3.65. The monoisotopic (exact) mass is 332 g/mol. The van der Waals surface area contributed by atoms with Crippen molar-refractivity contribution in [3.8, 4) is 5.75 Å². The van der Waals surface area contributed by atoms with E-state index in [2.05, 4.69) is 20.6 Å². The molecule has 0 unspecified atom stereocenters. The lowest BCUT2D eigenvalue weighted by Crippen LogP contribution is -2.38. The van der Waals surface area contributed by atoms with Crippen molar-refractivity contribution >= 4 is 5.91 Å². The Balaban J connectivity index is 1.81. The van der Waals surface area contributed by atoms with Gasteiger partial charge < -0.3 is 9.64 Å². The Kier molecular flexibility index (Phi) is 6.68. The number of benzene rings is 1. The van der Waals surface area contributed by atoms with E-state index in [1.807, 2.05) is 55.0 Å². The van der Waals surface area contributed by atoms with E-state index >= 15 is 0 Å². The summed E-state index contributed by atoms with van der Waals surface area (Å²) in [6.07, 6.45) is 0. The molecule has 0 aliphatic rings. The molecular weight excluding hydrogens is 308 g/mol. The second kappa shape index (κ2) is 8.97. The number of tetrazole rings is 1. The lowest BCUT2D eigenvalue weighted by molar-refractivity contribution is -0.131. The zero-order valence-corrected chi connectivity index (χ0v) is 14.4. The van der Waals surface area contributed by atoms with Gasteiger partial charge in [-0.05, 0) is 38.6 Å². The molecule has 1 N–H and O–H groups in total. The summed E-state index contributed by atoms with van der Waals surface area (Å²) >= 11 is 0. The van der Waals surface area contributed by atoms with E-state index < -0.39 is 0 Å². The van der Waals surface area contributed by atoms with Crippen molar-refractivity contribution in [1.29, 1.82) is 0 Å². The van der Waals surface area contributed by atoms with Gasteiger partial charge in [-0.2, -0.15) is 5.21 Å². The predicted molar refractivity (Wildman–Crippen MR) is 89.2 cm³/mol. The number of hydrogen-bond donors (Lipinski definition) is 1. The van der Waals surface area contributed by atoms with Crippen molar-refractivity contribution in [3.05, 3.63) is 35.7 Å². The average molecular weight is 332 g/mol. The number of rotatable bonds is 9. The maximum Gasteiger partial charge on any atom is 0.236 e. The Morgan fingerprint density at radius 2 is 1.92 bits per heavy atom. The minimum atomic E-state index is 0.155. The second-order valence-electron chi connectivity index (χ2n) is 5.50. The number of hydrogen-bond acceptors (Lipinski definition) is 6. The van der Waals surface area contributed by atoms with E-state index in [1.54, 1.807) is 0 Å². The summed E-state index contributed by atoms with van der Waals surface area (Å²) < 4.78 is 5.58. The van der Waals surface area contributed by atoms with E-state index in [4.69, 9.17) is 4.74 Å². The van der Waals surface area contributed by atoms with Crippen molar-refractivity contribution in [2.24, 2.45) is 0 Å². The minimum Gasteiger partial charge on any atom is -0.485 e. The van der Waals surface area contributed by atoms with Gasteiger partial charge in [0.1, 0.15) is 5.75 Å². The number of aromatic nitrogens is 4. The summed E-state index contributed by atoms with van der Waals surface area (Å²) in [5.74, 6) is 1.40. The topological polar surface area (TPSA) is 87.2 Å². The number of ether oxygens (including phenoxy) is 1. The van der Waals surface area contributed by atoms with Gasteiger partial charge in [-0.15, -0.1) is 10.2 Å². The lowest BCUT2D eigenvalue weighted by atomic mass is 10.2. The van der Waals surface area contributed by atoms with Crippen molar-refractivity contribution in [1.82, 2.24) is 30.4 Å². The molecule has 1 aromatic carbocycles. The normalized spacial score (nSPS) is 10.8. The molecule has 0 bridgehead atoms. The highest BCUT2D eigenvalue weighted by Gasteiger charge is 2.12. The highest BCUT2D eigenvalue weighted by molar-refractivity contribution is 5.78. The van der Waals surface area contributed by atoms with Gasteiger partial charge in [0.2, 0.25) is 11.7 Å². The van der Waals surface area contributed by atoms with Crippen molar-refractivity contribution < 1.29 is 9.53 Å². The molecule has 0 saturated heterocycles. The molecule has 0 fully saturated rings. The number of amides is 1. The molecule has 24 heavy (non-hydrogen) atoms. The molecule has 0 atom stereocenters. The first-order valence-corrected chi connectivity index (χ1v) is 8.02. The molecule has 0 aliphatic carbocycles. The standard InChI is InChI=1S/C16H24N6O2/c1-4-22(5-2)16(23)11-21(3)10-13-6-8-14(9-7-13)24-12-15-17-19-20-18-15/h6-9H,4-5,10-12H2,1-3H3,(H,17,18,19,20). The summed E-state index contributed by atoms with van der Waals surface area (Å²) in [4.78, 5) is 16.0. The summed E-state index contributed by atoms with van der Waals surface area (Å²) in [5.41, 5.74) is 1.12. The van der Waals surface area contributed by atoms with Crippen LogP contribution in [0.25, 0.3) is 0 Å². The van der Waals surface area contributed by atoms with Gasteiger partial charge in [0.25, 0.3) is 0 Å².